The summed E-state index contributed by atoms with van der Waals surface area (Å²) in [4.78, 5) is 0. The number of piperidine rings is 1. The molecule has 154 valence electrons. The maximum absolute atomic E-state index is 8.49. The highest BCUT2D eigenvalue weighted by Gasteiger charge is 2.16. The van der Waals surface area contributed by atoms with Gasteiger partial charge in [-0.25, -0.2) is 23.2 Å². The van der Waals surface area contributed by atoms with Crippen LogP contribution in [-0.4, -0.2) is 13.1 Å². The molecule has 6 nitrogen and oxygen atoms in total. The zero-order valence-electron chi connectivity index (χ0n) is 15.9. The summed E-state index contributed by atoms with van der Waals surface area (Å²) in [5, 5.41) is 3.23. The van der Waals surface area contributed by atoms with Crippen LogP contribution in [0.5, 0.6) is 0 Å². The molecular formula is C21H21Cl2NO5. The molecule has 0 bridgehead atoms. The Morgan fingerprint density at radius 3 is 2.14 bits per heavy atom. The molecule has 0 aliphatic carbocycles. The van der Waals surface area contributed by atoms with Crippen molar-refractivity contribution < 1.29 is 33.3 Å². The summed E-state index contributed by atoms with van der Waals surface area (Å²) in [6.07, 6.45) is 3.85. The van der Waals surface area contributed by atoms with Crippen LogP contribution in [0.4, 0.5) is 0 Å². The van der Waals surface area contributed by atoms with E-state index in [1.807, 2.05) is 24.3 Å². The van der Waals surface area contributed by atoms with Crippen molar-refractivity contribution in [1.29, 1.82) is 0 Å². The van der Waals surface area contributed by atoms with E-state index < -0.39 is 10.2 Å². The monoisotopic (exact) mass is 437 g/mol. The normalized spacial score (nSPS) is 14.5. The van der Waals surface area contributed by atoms with Gasteiger partial charge in [0.1, 0.15) is 24.4 Å². The molecule has 1 aliphatic heterocycles. The molecule has 0 unspecified atom stereocenters. The number of fused-ring (bicyclic) bond motifs is 1. The molecule has 0 atom stereocenters. The summed E-state index contributed by atoms with van der Waals surface area (Å²) in [6.45, 7) is 4.37. The fourth-order valence-corrected chi connectivity index (χ4v) is 3.56. The average Bonchev–Trinajstić information content (AvgIpc) is 2.67. The van der Waals surface area contributed by atoms with Gasteiger partial charge < -0.3 is 4.42 Å². The zero-order valence-corrected chi connectivity index (χ0v) is 17.4. The summed E-state index contributed by atoms with van der Waals surface area (Å²) < 4.78 is 42.7. The van der Waals surface area contributed by atoms with Gasteiger partial charge in [-0.1, -0.05) is 23.2 Å². The molecule has 4 rings (SSSR count). The lowest BCUT2D eigenvalue weighted by atomic mass is 10.1. The van der Waals surface area contributed by atoms with Gasteiger partial charge in [0.2, 0.25) is 5.36 Å². The molecule has 1 aromatic heterocycles. The van der Waals surface area contributed by atoms with E-state index in [4.69, 9.17) is 34.7 Å². The van der Waals surface area contributed by atoms with Gasteiger partial charge in [-0.3, -0.25) is 0 Å². The SMILES string of the molecule is Cc1ccc2oc(-c3ccc(Cl)cc3)cc(=[N+]3CCCCC3)c2c1.[O-][Cl+3]([O-])([O-])[O-]. The second-order valence-corrected chi connectivity index (χ2v) is 8.12. The summed E-state index contributed by atoms with van der Waals surface area (Å²) in [5.74, 6) is 0.892. The second kappa shape index (κ2) is 9.26. The van der Waals surface area contributed by atoms with Gasteiger partial charge in [0.05, 0.1) is 11.5 Å². The number of hydrogen-bond donors (Lipinski definition) is 0. The lowest BCUT2D eigenvalue weighted by Gasteiger charge is -2.17. The Labute approximate surface area is 175 Å². The molecule has 2 heterocycles. The predicted molar refractivity (Wildman–Crippen MR) is 100 cm³/mol. The van der Waals surface area contributed by atoms with Gasteiger partial charge in [-0.05, 0) is 49.7 Å². The van der Waals surface area contributed by atoms with Gasteiger partial charge in [0.15, 0.2) is 0 Å². The maximum Gasteiger partial charge on any atom is 0.214 e. The fourth-order valence-electron chi connectivity index (χ4n) is 3.44. The molecule has 1 fully saturated rings. The number of aryl methyl sites for hydroxylation is 1. The maximum atomic E-state index is 8.49. The number of benzene rings is 2. The quantitative estimate of drug-likeness (QED) is 0.507. The minimum Gasteiger partial charge on any atom is -0.456 e. The van der Waals surface area contributed by atoms with Gasteiger partial charge in [0, 0.05) is 23.4 Å². The molecule has 0 amide bonds. The summed E-state index contributed by atoms with van der Waals surface area (Å²) >= 11 is 6.03. The Morgan fingerprint density at radius 1 is 0.897 bits per heavy atom. The van der Waals surface area contributed by atoms with Crippen LogP contribution in [0, 0.1) is 17.2 Å². The summed E-state index contributed by atoms with van der Waals surface area (Å²) in [6, 6.07) is 16.5. The lowest BCUT2D eigenvalue weighted by Crippen LogP contribution is -2.68. The van der Waals surface area contributed by atoms with Gasteiger partial charge >= 0.3 is 0 Å². The third kappa shape index (κ3) is 6.27. The van der Waals surface area contributed by atoms with E-state index >= 15 is 0 Å². The Morgan fingerprint density at radius 2 is 1.52 bits per heavy atom. The van der Waals surface area contributed by atoms with Crippen molar-refractivity contribution in [2.45, 2.75) is 26.2 Å². The third-order valence-corrected chi connectivity index (χ3v) is 4.98. The molecule has 0 radical (unpaired) electrons. The molecular weight excluding hydrogens is 417 g/mol. The molecule has 2 aromatic carbocycles. The van der Waals surface area contributed by atoms with Crippen LogP contribution in [0.15, 0.2) is 52.9 Å². The van der Waals surface area contributed by atoms with Crippen LogP contribution >= 0.6 is 11.6 Å². The van der Waals surface area contributed by atoms with Gasteiger partial charge in [-0.15, -0.1) is 10.2 Å². The minimum atomic E-state index is -4.94. The highest BCUT2D eigenvalue weighted by molar-refractivity contribution is 6.30. The van der Waals surface area contributed by atoms with Crippen molar-refractivity contribution in [3.05, 3.63) is 64.5 Å². The largest absolute Gasteiger partial charge is 0.456 e. The second-order valence-electron chi connectivity index (χ2n) is 6.93. The van der Waals surface area contributed by atoms with Crippen LogP contribution in [0.2, 0.25) is 5.02 Å². The number of hydrogen-bond acceptors (Lipinski definition) is 5. The van der Waals surface area contributed by atoms with Crippen molar-refractivity contribution in [1.82, 2.24) is 4.58 Å². The Balaban J connectivity index is 0.000000431. The van der Waals surface area contributed by atoms with E-state index in [1.165, 1.54) is 35.6 Å². The highest BCUT2D eigenvalue weighted by Crippen LogP contribution is 2.24. The van der Waals surface area contributed by atoms with Crippen molar-refractivity contribution >= 4 is 22.6 Å². The fraction of sp³-hybridized carbons (Fsp3) is 0.286. The Hall–Kier alpha value is -1.93. The molecule has 0 N–H and O–H groups in total. The van der Waals surface area contributed by atoms with Gasteiger partial charge in [-0.2, -0.15) is 0 Å². The summed E-state index contributed by atoms with van der Waals surface area (Å²) in [7, 11) is -4.94. The Bertz CT molecular complexity index is 1040. The van der Waals surface area contributed by atoms with Crippen molar-refractivity contribution in [2.75, 3.05) is 13.1 Å². The van der Waals surface area contributed by atoms with E-state index in [0.29, 0.717) is 0 Å². The Kier molecular flexibility index (Phi) is 6.95. The van der Waals surface area contributed by atoms with Crippen LogP contribution in [0.1, 0.15) is 24.8 Å². The molecule has 29 heavy (non-hydrogen) atoms. The molecule has 0 spiro atoms. The molecule has 8 heteroatoms. The van der Waals surface area contributed by atoms with E-state index in [2.05, 4.69) is 35.8 Å². The van der Waals surface area contributed by atoms with E-state index in [9.17, 15) is 0 Å². The number of halogens is 2. The van der Waals surface area contributed by atoms with Crippen molar-refractivity contribution in [3.8, 4) is 11.3 Å². The lowest BCUT2D eigenvalue weighted by molar-refractivity contribution is -2.00. The number of rotatable bonds is 1. The standard InChI is InChI=1S/C21H21ClNO.ClHO4/c1-15-5-10-20-18(13-15)19(23-11-3-2-4-12-23)14-21(24-20)16-6-8-17(22)9-7-16;2-1(3,4)5/h5-10,13-14H,2-4,11-12H2,1H3;(H,2,3,4,5)/q+1;/p-1. The number of nitrogens with zero attached hydrogens (tertiary/aromatic N) is 1. The van der Waals surface area contributed by atoms with Crippen molar-refractivity contribution in [3.63, 3.8) is 0 Å². The zero-order chi connectivity index (χ0) is 21.0. The molecule has 1 aliphatic rings. The molecule has 0 saturated carbocycles. The van der Waals surface area contributed by atoms with Gasteiger partial charge in [0.25, 0.3) is 0 Å². The predicted octanol–water partition coefficient (Wildman–Crippen LogP) is 0.262. The topological polar surface area (TPSA) is 108 Å². The first-order valence-electron chi connectivity index (χ1n) is 9.21. The smallest absolute Gasteiger partial charge is 0.214 e. The van der Waals surface area contributed by atoms with Crippen LogP contribution < -0.4 is 28.6 Å². The average molecular weight is 438 g/mol. The van der Waals surface area contributed by atoms with E-state index in [1.54, 1.807) is 0 Å². The third-order valence-electron chi connectivity index (χ3n) is 4.72. The van der Waals surface area contributed by atoms with E-state index in [-0.39, 0.29) is 0 Å². The van der Waals surface area contributed by atoms with Crippen LogP contribution in [0.25, 0.3) is 22.3 Å². The summed E-state index contributed by atoms with van der Waals surface area (Å²) in [5.41, 5.74) is 3.25. The minimum absolute atomic E-state index is 0.742. The molecule has 1 saturated heterocycles. The van der Waals surface area contributed by atoms with Crippen molar-refractivity contribution in [2.24, 2.45) is 0 Å². The first kappa shape index (κ1) is 21.8. The first-order valence-corrected chi connectivity index (χ1v) is 10.8. The van der Waals surface area contributed by atoms with Crippen LogP contribution in [-0.2, 0) is 0 Å². The van der Waals surface area contributed by atoms with E-state index in [0.717, 1.165) is 35.0 Å². The van der Waals surface area contributed by atoms with Crippen LogP contribution in [0.3, 0.4) is 0 Å². The first-order chi connectivity index (χ1) is 13.7. The highest BCUT2D eigenvalue weighted by atomic mass is 35.7. The molecule has 3 aromatic rings.